The molecular weight excluding hydrogens is 222 g/mol. The van der Waals surface area contributed by atoms with Crippen molar-refractivity contribution < 1.29 is 8.22 Å². The van der Waals surface area contributed by atoms with Crippen LogP contribution in [0.2, 0.25) is 0 Å². The summed E-state index contributed by atoms with van der Waals surface area (Å²) in [6.45, 7) is -1.65. The van der Waals surface area contributed by atoms with E-state index in [-0.39, 0.29) is 17.9 Å². The van der Waals surface area contributed by atoms with Crippen LogP contribution >= 0.6 is 11.8 Å². The molecule has 0 aliphatic rings. The number of hydrogen-bond donors (Lipinski definition) is 2. The predicted octanol–water partition coefficient (Wildman–Crippen LogP) is 2.23. The molecule has 90 valence electrons. The molecule has 5 nitrogen and oxygen atoms in total. The van der Waals surface area contributed by atoms with Gasteiger partial charge in [0.15, 0.2) is 5.16 Å². The molecule has 16 heavy (non-hydrogen) atoms. The largest absolute Gasteiger partial charge is 0.352 e. The van der Waals surface area contributed by atoms with Crippen molar-refractivity contribution in [1.82, 2.24) is 15.0 Å². The minimum Gasteiger partial charge on any atom is -0.352 e. The lowest BCUT2D eigenvalue weighted by atomic mass is 10.4. The van der Waals surface area contributed by atoms with Gasteiger partial charge >= 0.3 is 0 Å². The van der Waals surface area contributed by atoms with Gasteiger partial charge in [-0.1, -0.05) is 11.8 Å². The van der Waals surface area contributed by atoms with Gasteiger partial charge in [-0.25, -0.2) is 0 Å². The second kappa shape index (κ2) is 5.89. The van der Waals surface area contributed by atoms with Crippen LogP contribution in [0.1, 0.15) is 35.8 Å². The van der Waals surface area contributed by atoms with E-state index in [1.54, 1.807) is 6.26 Å². The minimum absolute atomic E-state index is 0.0611. The average molecular weight is 247 g/mol. The molecule has 1 aromatic heterocycles. The van der Waals surface area contributed by atoms with Crippen LogP contribution < -0.4 is 10.6 Å². The van der Waals surface area contributed by atoms with E-state index in [1.165, 1.54) is 11.8 Å². The summed E-state index contributed by atoms with van der Waals surface area (Å²) in [5.41, 5.74) is 0. The van der Waals surface area contributed by atoms with E-state index in [1.807, 2.05) is 13.8 Å². The molecule has 0 aromatic carbocycles. The summed E-state index contributed by atoms with van der Waals surface area (Å²) in [5, 5.41) is 5.74. The van der Waals surface area contributed by atoms with Crippen LogP contribution in [0.15, 0.2) is 5.16 Å². The molecule has 2 N–H and O–H groups in total. The first-order valence-electron chi connectivity index (χ1n) is 7.76. The fourth-order valence-corrected chi connectivity index (χ4v) is 1.32. The summed E-state index contributed by atoms with van der Waals surface area (Å²) >= 11 is 1.24. The van der Waals surface area contributed by atoms with E-state index in [9.17, 15) is 0 Å². The van der Waals surface area contributed by atoms with Crippen molar-refractivity contribution >= 4 is 23.7 Å². The molecule has 0 saturated heterocycles. The van der Waals surface area contributed by atoms with Gasteiger partial charge in [0, 0.05) is 20.3 Å². The molecule has 0 aliphatic heterocycles. The van der Waals surface area contributed by atoms with Crippen LogP contribution in [-0.2, 0) is 0 Å². The summed E-state index contributed by atoms with van der Waals surface area (Å²) in [6, 6.07) is -1.70. The maximum Gasteiger partial charge on any atom is 0.228 e. The Hall–Kier alpha value is -1.04. The second-order valence-corrected chi connectivity index (χ2v) is 4.12. The lowest BCUT2D eigenvalue weighted by molar-refractivity contribution is 0.813. The normalized spacial score (nSPS) is 18.1. The molecule has 0 fully saturated rings. The van der Waals surface area contributed by atoms with Gasteiger partial charge in [-0.2, -0.15) is 15.0 Å². The highest BCUT2D eigenvalue weighted by Gasteiger charge is 2.07. The van der Waals surface area contributed by atoms with Gasteiger partial charge in [-0.15, -0.1) is 0 Å². The second-order valence-electron chi connectivity index (χ2n) is 3.35. The third-order valence-electron chi connectivity index (χ3n) is 1.49. The van der Waals surface area contributed by atoms with Gasteiger partial charge in [0.25, 0.3) is 0 Å². The molecule has 0 saturated carbocycles. The summed E-state index contributed by atoms with van der Waals surface area (Å²) < 4.78 is 44.3. The first-order valence-corrected chi connectivity index (χ1v) is 5.99. The zero-order chi connectivity index (χ0) is 17.1. The van der Waals surface area contributed by atoms with Gasteiger partial charge in [0.05, 0.1) is 0 Å². The summed E-state index contributed by atoms with van der Waals surface area (Å²) in [5.74, 6) is 0.173. The molecular formula is C10H19N5S. The molecule has 0 bridgehead atoms. The highest BCUT2D eigenvalue weighted by Crippen LogP contribution is 2.14. The van der Waals surface area contributed by atoms with E-state index < -0.39 is 19.7 Å². The van der Waals surface area contributed by atoms with Gasteiger partial charge in [0.1, 0.15) is 0 Å². The van der Waals surface area contributed by atoms with Crippen LogP contribution in [0.25, 0.3) is 0 Å². The van der Waals surface area contributed by atoms with Gasteiger partial charge in [0.2, 0.25) is 11.9 Å². The van der Waals surface area contributed by atoms with Crippen molar-refractivity contribution in [1.29, 1.82) is 0 Å². The first-order chi connectivity index (χ1) is 9.93. The van der Waals surface area contributed by atoms with Gasteiger partial charge in [-0.3, -0.25) is 0 Å². The fourth-order valence-electron chi connectivity index (χ4n) is 0.964. The monoisotopic (exact) mass is 247 g/mol. The van der Waals surface area contributed by atoms with E-state index in [4.69, 9.17) is 8.22 Å². The molecule has 0 radical (unpaired) electrons. The van der Waals surface area contributed by atoms with Crippen LogP contribution in [-0.4, -0.2) is 33.3 Å². The zero-order valence-corrected chi connectivity index (χ0v) is 10.2. The Kier molecular flexibility index (Phi) is 2.44. The van der Waals surface area contributed by atoms with E-state index >= 15 is 0 Å². The Balaban J connectivity index is 3.13. The van der Waals surface area contributed by atoms with Gasteiger partial charge < -0.3 is 10.6 Å². The number of nitrogens with one attached hydrogen (secondary N) is 2. The third-order valence-corrected chi connectivity index (χ3v) is 2.04. The highest BCUT2D eigenvalue weighted by molar-refractivity contribution is 7.98. The van der Waals surface area contributed by atoms with E-state index in [0.29, 0.717) is 5.16 Å². The summed E-state index contributed by atoms with van der Waals surface area (Å²) in [7, 11) is 0. The minimum atomic E-state index is -2.72. The van der Waals surface area contributed by atoms with Crippen LogP contribution in [0.4, 0.5) is 11.9 Å². The zero-order valence-electron chi connectivity index (χ0n) is 15.4. The topological polar surface area (TPSA) is 62.7 Å². The van der Waals surface area contributed by atoms with Crippen molar-refractivity contribution in [2.24, 2.45) is 0 Å². The maximum absolute atomic E-state index is 7.38. The Morgan fingerprint density at radius 2 is 1.62 bits per heavy atom. The third kappa shape index (κ3) is 4.22. The Bertz CT molecular complexity index is 490. The lowest BCUT2D eigenvalue weighted by Gasteiger charge is -2.12. The predicted molar refractivity (Wildman–Crippen MR) is 69.1 cm³/mol. The Labute approximate surface area is 109 Å². The molecule has 0 spiro atoms. The highest BCUT2D eigenvalue weighted by atomic mass is 32.2. The average Bonchev–Trinajstić information content (AvgIpc) is 2.32. The lowest BCUT2D eigenvalue weighted by Crippen LogP contribution is -2.17. The quantitative estimate of drug-likeness (QED) is 0.778. The number of anilines is 2. The molecule has 0 amide bonds. The van der Waals surface area contributed by atoms with Crippen molar-refractivity contribution in [2.75, 3.05) is 16.9 Å². The van der Waals surface area contributed by atoms with Gasteiger partial charge in [-0.05, 0) is 33.8 Å². The van der Waals surface area contributed by atoms with Crippen molar-refractivity contribution in [3.8, 4) is 0 Å². The number of thioether (sulfide) groups is 1. The molecule has 0 atom stereocenters. The first kappa shape index (κ1) is 6.64. The number of nitrogens with zero attached hydrogens (tertiary/aromatic N) is 3. The molecule has 1 heterocycles. The van der Waals surface area contributed by atoms with Crippen LogP contribution in [0.5, 0.6) is 0 Å². The standard InChI is InChI=1S/C10H19N5S/c1-6(2)11-8-13-9(12-7(3)4)15-10(14-8)16-5/h6-7H,1-5H3,(H2,11,12,13,14,15)/i1D3,2D3. The number of hydrogen-bond acceptors (Lipinski definition) is 6. The Morgan fingerprint density at radius 1 is 1.06 bits per heavy atom. The van der Waals surface area contributed by atoms with E-state index in [2.05, 4.69) is 25.6 Å². The van der Waals surface area contributed by atoms with Crippen molar-refractivity contribution in [3.63, 3.8) is 0 Å². The smallest absolute Gasteiger partial charge is 0.228 e. The van der Waals surface area contributed by atoms with Crippen molar-refractivity contribution in [2.45, 2.75) is 44.8 Å². The number of rotatable bonds is 5. The summed E-state index contributed by atoms with van der Waals surface area (Å²) in [6.07, 6.45) is 1.75. The molecule has 6 heteroatoms. The van der Waals surface area contributed by atoms with Crippen LogP contribution in [0, 0.1) is 0 Å². The molecule has 1 rings (SSSR count). The van der Waals surface area contributed by atoms with E-state index in [0.717, 1.165) is 0 Å². The SMILES string of the molecule is [2H]C([2H])([2H])C(Nc1nc(NC(C)C)nc(SC)n1)C([2H])([2H])[2H]. The van der Waals surface area contributed by atoms with Crippen molar-refractivity contribution in [3.05, 3.63) is 0 Å². The maximum atomic E-state index is 7.38. The Morgan fingerprint density at radius 3 is 2.06 bits per heavy atom. The molecule has 1 aromatic rings. The summed E-state index contributed by atoms with van der Waals surface area (Å²) in [4.78, 5) is 12.2. The number of aromatic nitrogens is 3. The fraction of sp³-hybridized carbons (Fsp3) is 0.700. The molecule has 0 unspecified atom stereocenters. The van der Waals surface area contributed by atoms with Crippen LogP contribution in [0.3, 0.4) is 0 Å². The molecule has 0 aliphatic carbocycles.